The molecular formula is C24H23N7O2. The number of rotatable bonds is 4. The van der Waals surface area contributed by atoms with Gasteiger partial charge in [0.25, 0.3) is 0 Å². The predicted octanol–water partition coefficient (Wildman–Crippen LogP) is 2.60. The van der Waals surface area contributed by atoms with E-state index in [0.717, 1.165) is 43.6 Å². The number of likely N-dealkylation sites (tertiary alicyclic amines) is 1. The Hall–Kier alpha value is -3.72. The highest BCUT2D eigenvalue weighted by atomic mass is 16.5. The third-order valence-corrected chi connectivity index (χ3v) is 7.75. The topological polar surface area (TPSA) is 119 Å². The van der Waals surface area contributed by atoms with E-state index in [4.69, 9.17) is 4.74 Å². The zero-order valence-corrected chi connectivity index (χ0v) is 18.2. The SMILES string of the molecule is N#Cc1ccnc(N2CC3(CCC3)c3c(OC4CN(C(=O)C5(C#N)CCC5)C4)ncnc32)c1. The van der Waals surface area contributed by atoms with Crippen LogP contribution in [0.25, 0.3) is 0 Å². The molecule has 4 aliphatic rings. The van der Waals surface area contributed by atoms with Gasteiger partial charge in [-0.3, -0.25) is 4.79 Å². The van der Waals surface area contributed by atoms with Crippen LogP contribution in [0.4, 0.5) is 11.6 Å². The van der Waals surface area contributed by atoms with E-state index in [0.29, 0.717) is 43.2 Å². The summed E-state index contributed by atoms with van der Waals surface area (Å²) in [7, 11) is 0. The lowest BCUT2D eigenvalue weighted by Gasteiger charge is -2.45. The van der Waals surface area contributed by atoms with Crippen molar-refractivity contribution in [2.24, 2.45) is 5.41 Å². The lowest BCUT2D eigenvalue weighted by Crippen LogP contribution is -2.61. The van der Waals surface area contributed by atoms with Crippen molar-refractivity contribution >= 4 is 17.5 Å². The van der Waals surface area contributed by atoms with Gasteiger partial charge in [-0.05, 0) is 44.2 Å². The number of ether oxygens (including phenoxy) is 1. The predicted molar refractivity (Wildman–Crippen MR) is 116 cm³/mol. The van der Waals surface area contributed by atoms with Gasteiger partial charge in [-0.2, -0.15) is 10.5 Å². The number of aromatic nitrogens is 3. The van der Waals surface area contributed by atoms with E-state index >= 15 is 0 Å². The van der Waals surface area contributed by atoms with E-state index in [-0.39, 0.29) is 17.4 Å². The third kappa shape index (κ3) is 2.88. The largest absolute Gasteiger partial charge is 0.470 e. The number of nitriles is 2. The number of carbonyl (C=O) groups is 1. The smallest absolute Gasteiger partial charge is 0.243 e. The molecule has 3 fully saturated rings. The van der Waals surface area contributed by atoms with Crippen LogP contribution in [0.5, 0.6) is 5.88 Å². The number of anilines is 2. The summed E-state index contributed by atoms with van der Waals surface area (Å²) in [6, 6.07) is 7.88. The summed E-state index contributed by atoms with van der Waals surface area (Å²) in [6.07, 6.45) is 8.44. The normalized spacial score (nSPS) is 21.8. The first kappa shape index (κ1) is 19.9. The fraction of sp³-hybridized carbons (Fsp3) is 0.500. The van der Waals surface area contributed by atoms with Crippen LogP contribution in [-0.4, -0.2) is 51.5 Å². The highest BCUT2D eigenvalue weighted by Crippen LogP contribution is 2.56. The molecule has 166 valence electrons. The maximum Gasteiger partial charge on any atom is 0.243 e. The van der Waals surface area contributed by atoms with Crippen LogP contribution in [0.15, 0.2) is 24.7 Å². The van der Waals surface area contributed by atoms with Gasteiger partial charge in [-0.15, -0.1) is 0 Å². The van der Waals surface area contributed by atoms with E-state index in [1.807, 2.05) is 0 Å². The van der Waals surface area contributed by atoms with E-state index in [9.17, 15) is 15.3 Å². The van der Waals surface area contributed by atoms with Crippen molar-refractivity contribution in [2.45, 2.75) is 50.0 Å². The van der Waals surface area contributed by atoms with Crippen LogP contribution in [0, 0.1) is 28.1 Å². The number of carbonyl (C=O) groups excluding carboxylic acids is 1. The van der Waals surface area contributed by atoms with Crippen molar-refractivity contribution in [3.05, 3.63) is 35.8 Å². The Morgan fingerprint density at radius 2 is 1.91 bits per heavy atom. The number of hydrogen-bond acceptors (Lipinski definition) is 8. The van der Waals surface area contributed by atoms with Crippen molar-refractivity contribution in [3.8, 4) is 18.0 Å². The van der Waals surface area contributed by atoms with Crippen LogP contribution >= 0.6 is 0 Å². The highest BCUT2D eigenvalue weighted by Gasteiger charge is 2.53. The summed E-state index contributed by atoms with van der Waals surface area (Å²) in [5.74, 6) is 2.00. The van der Waals surface area contributed by atoms with Crippen LogP contribution in [0.1, 0.15) is 49.7 Å². The summed E-state index contributed by atoms with van der Waals surface area (Å²) in [6.45, 7) is 1.69. The molecule has 4 heterocycles. The van der Waals surface area contributed by atoms with Gasteiger partial charge in [0.15, 0.2) is 0 Å². The number of hydrogen-bond donors (Lipinski definition) is 0. The molecule has 2 aromatic rings. The second kappa shape index (κ2) is 7.14. The van der Waals surface area contributed by atoms with E-state index in [1.54, 1.807) is 23.2 Å². The quantitative estimate of drug-likeness (QED) is 0.710. The molecule has 0 unspecified atom stereocenters. The van der Waals surface area contributed by atoms with Crippen molar-refractivity contribution in [1.29, 1.82) is 10.5 Å². The van der Waals surface area contributed by atoms with Gasteiger partial charge in [0.2, 0.25) is 11.8 Å². The number of pyridine rings is 1. The molecule has 6 rings (SSSR count). The van der Waals surface area contributed by atoms with Crippen molar-refractivity contribution in [2.75, 3.05) is 24.5 Å². The van der Waals surface area contributed by atoms with E-state index in [2.05, 4.69) is 32.0 Å². The lowest BCUT2D eigenvalue weighted by molar-refractivity contribution is -0.152. The Labute approximate surface area is 191 Å². The Bertz CT molecular complexity index is 1220. The summed E-state index contributed by atoms with van der Waals surface area (Å²) < 4.78 is 6.30. The average Bonchev–Trinajstić information content (AvgIpc) is 3.12. The van der Waals surface area contributed by atoms with Crippen molar-refractivity contribution < 1.29 is 9.53 Å². The molecule has 0 atom stereocenters. The molecular weight excluding hydrogens is 418 g/mol. The summed E-state index contributed by atoms with van der Waals surface area (Å²) in [4.78, 5) is 30.1. The second-order valence-electron chi connectivity index (χ2n) is 9.61. The number of fused-ring (bicyclic) bond motifs is 2. The van der Waals surface area contributed by atoms with Gasteiger partial charge in [0, 0.05) is 18.2 Å². The Balaban J connectivity index is 1.24. The fourth-order valence-electron chi connectivity index (χ4n) is 5.45. The summed E-state index contributed by atoms with van der Waals surface area (Å²) in [5.41, 5.74) is 0.676. The minimum atomic E-state index is -0.817. The van der Waals surface area contributed by atoms with Crippen molar-refractivity contribution in [3.63, 3.8) is 0 Å². The van der Waals surface area contributed by atoms with E-state index < -0.39 is 5.41 Å². The fourth-order valence-corrected chi connectivity index (χ4v) is 5.45. The Kier molecular flexibility index (Phi) is 4.31. The molecule has 2 aromatic heterocycles. The van der Waals surface area contributed by atoms with Gasteiger partial charge in [0.1, 0.15) is 29.5 Å². The first-order chi connectivity index (χ1) is 16.1. The van der Waals surface area contributed by atoms with Crippen LogP contribution < -0.4 is 9.64 Å². The first-order valence-corrected chi connectivity index (χ1v) is 11.4. The molecule has 33 heavy (non-hydrogen) atoms. The van der Waals surface area contributed by atoms with Gasteiger partial charge in [0.05, 0.1) is 36.4 Å². The molecule has 0 N–H and O–H groups in total. The maximum absolute atomic E-state index is 12.7. The first-order valence-electron chi connectivity index (χ1n) is 11.4. The highest BCUT2D eigenvalue weighted by molar-refractivity contribution is 5.87. The zero-order valence-electron chi connectivity index (χ0n) is 18.2. The Morgan fingerprint density at radius 3 is 2.55 bits per heavy atom. The minimum Gasteiger partial charge on any atom is -0.470 e. The molecule has 2 aliphatic heterocycles. The van der Waals surface area contributed by atoms with Gasteiger partial charge < -0.3 is 14.5 Å². The van der Waals surface area contributed by atoms with Crippen molar-refractivity contribution in [1.82, 2.24) is 19.9 Å². The lowest BCUT2D eigenvalue weighted by atomic mass is 9.66. The summed E-state index contributed by atoms with van der Waals surface area (Å²) in [5, 5.41) is 18.7. The van der Waals surface area contributed by atoms with Crippen LogP contribution in [0.3, 0.4) is 0 Å². The molecule has 1 spiro atoms. The van der Waals surface area contributed by atoms with Gasteiger partial charge in [-0.1, -0.05) is 6.42 Å². The third-order valence-electron chi connectivity index (χ3n) is 7.75. The second-order valence-corrected chi connectivity index (χ2v) is 9.61. The zero-order chi connectivity index (χ0) is 22.6. The minimum absolute atomic E-state index is 0.0610. The monoisotopic (exact) mass is 441 g/mol. The average molecular weight is 441 g/mol. The van der Waals surface area contributed by atoms with E-state index in [1.165, 1.54) is 6.33 Å². The molecule has 2 saturated carbocycles. The molecule has 0 bridgehead atoms. The Morgan fingerprint density at radius 1 is 1.12 bits per heavy atom. The molecule has 9 heteroatoms. The van der Waals surface area contributed by atoms with Gasteiger partial charge in [-0.25, -0.2) is 15.0 Å². The standard InChI is InChI=1S/C24H23N7O2/c25-10-16-3-8-27-18(9-16)31-14-24(6-2-7-24)19-20(31)28-15-29-21(19)33-17-11-30(12-17)22(32)23(13-26)4-1-5-23/h3,8-9,15,17H,1-2,4-7,11-12,14H2. The molecule has 1 amide bonds. The van der Waals surface area contributed by atoms with Gasteiger partial charge >= 0.3 is 0 Å². The molecule has 1 saturated heterocycles. The molecule has 2 aliphatic carbocycles. The maximum atomic E-state index is 12.7. The molecule has 0 radical (unpaired) electrons. The number of nitrogens with zero attached hydrogens (tertiary/aromatic N) is 7. The van der Waals surface area contributed by atoms with Crippen LogP contribution in [0.2, 0.25) is 0 Å². The van der Waals surface area contributed by atoms with Crippen LogP contribution in [-0.2, 0) is 10.2 Å². The number of amides is 1. The molecule has 9 nitrogen and oxygen atoms in total. The molecule has 0 aromatic carbocycles. The summed E-state index contributed by atoms with van der Waals surface area (Å²) >= 11 is 0.